The summed E-state index contributed by atoms with van der Waals surface area (Å²) in [5, 5.41) is 11.5. The van der Waals surface area contributed by atoms with Gasteiger partial charge in [0.05, 0.1) is 17.2 Å². The second kappa shape index (κ2) is 19.4. The fourth-order valence-corrected chi connectivity index (χ4v) is 7.23. The molecule has 0 aliphatic carbocycles. The Bertz CT molecular complexity index is 3650. The van der Waals surface area contributed by atoms with E-state index < -0.39 is 54.9 Å². The van der Waals surface area contributed by atoms with Gasteiger partial charge < -0.3 is 19.4 Å². The topological polar surface area (TPSA) is 75.6 Å². The number of nitrogens with zero attached hydrogens (tertiary/aromatic N) is 4. The molecular weight excluding hydrogens is 961 g/mol. The van der Waals surface area contributed by atoms with Crippen LogP contribution < -0.4 is 0 Å². The van der Waals surface area contributed by atoms with Crippen LogP contribution in [-0.4, -0.2) is 15.0 Å². The standard InChI is InChI=1S/C58H41N4O.Ir/c59-36-49-28-29-51-50-17-10-18-52(57(50)63-58(51)56(49)48-15-8-3-9-16-48)55-32-27-42(39-62-55)21-24-45-34-43(22-19-40-25-30-53(60-37-40)46-11-4-1-5-12-46)33-44(35-45)23-20-41-26-31-54(61-38-41)47-13-6-2-7-14-47;/h1-11,13,15-17,25-35,37-39H,19-24H2;/q-3;+3/i19D2,20D2,21D2,22D2,23D2,24D2;. The molecule has 10 rings (SSSR count). The molecule has 0 N–H and O–H groups in total. The Kier molecular flexibility index (Phi) is 9.07. The van der Waals surface area contributed by atoms with E-state index in [0.29, 0.717) is 61.5 Å². The molecule has 0 fully saturated rings. The minimum absolute atomic E-state index is 0. The Morgan fingerprint density at radius 3 is 1.47 bits per heavy atom. The summed E-state index contributed by atoms with van der Waals surface area (Å²) in [7, 11) is 0. The van der Waals surface area contributed by atoms with Gasteiger partial charge in [0.25, 0.3) is 0 Å². The van der Waals surface area contributed by atoms with Gasteiger partial charge in [0.15, 0.2) is 0 Å². The fourth-order valence-electron chi connectivity index (χ4n) is 7.23. The SMILES string of the molecule is [2H]C([2H])(c1ccc(-c2[c-]cccc2)nc1)C([2H])([2H])c1cc(C([2H])([2H])C([2H])([2H])c2ccc(-c3[c-]cccc3)nc2)cc(C([2H])([2H])C([2H])([2H])c2ccc(-c3[c-]ccc4c3oc3c(-c5ccccc5)c(C#N)ccc34)nc2)c1.[Ir+3]. The number of rotatable bonds is 13. The van der Waals surface area contributed by atoms with Gasteiger partial charge in [0, 0.05) is 46.0 Å². The molecule has 6 aromatic carbocycles. The minimum atomic E-state index is -3.14. The van der Waals surface area contributed by atoms with Crippen molar-refractivity contribution >= 4 is 21.9 Å². The van der Waals surface area contributed by atoms with E-state index in [-0.39, 0.29) is 36.8 Å². The second-order valence-electron chi connectivity index (χ2n) is 14.4. The molecule has 0 radical (unpaired) electrons. The summed E-state index contributed by atoms with van der Waals surface area (Å²) >= 11 is 0. The summed E-state index contributed by atoms with van der Waals surface area (Å²) in [6, 6.07) is 53.4. The normalized spacial score (nSPS) is 15.2. The predicted octanol–water partition coefficient (Wildman–Crippen LogP) is 13.1. The third-order valence-electron chi connectivity index (χ3n) is 10.3. The van der Waals surface area contributed by atoms with Crippen molar-refractivity contribution in [3.05, 3.63) is 233 Å². The number of furan rings is 1. The number of fused-ring (bicyclic) bond motifs is 3. The van der Waals surface area contributed by atoms with Gasteiger partial charge in [-0.2, -0.15) is 5.26 Å². The van der Waals surface area contributed by atoms with E-state index in [1.165, 1.54) is 48.8 Å². The van der Waals surface area contributed by atoms with Crippen LogP contribution in [0.3, 0.4) is 0 Å². The molecule has 0 saturated carbocycles. The van der Waals surface area contributed by atoms with E-state index in [0.717, 1.165) is 35.3 Å². The Hall–Kier alpha value is -7.29. The summed E-state index contributed by atoms with van der Waals surface area (Å²) in [5.74, 6) is 0. The van der Waals surface area contributed by atoms with E-state index in [4.69, 9.17) is 4.42 Å². The van der Waals surface area contributed by atoms with Gasteiger partial charge in [-0.15, -0.1) is 90.0 Å². The molecule has 0 atom stereocenters. The molecular formula is C58H41IrN4O. The van der Waals surface area contributed by atoms with Crippen LogP contribution in [0.1, 0.15) is 55.4 Å². The van der Waals surface area contributed by atoms with Crippen molar-refractivity contribution in [3.63, 3.8) is 0 Å². The summed E-state index contributed by atoms with van der Waals surface area (Å²) in [6.45, 7) is 0. The van der Waals surface area contributed by atoms with Crippen molar-refractivity contribution in [1.82, 2.24) is 15.0 Å². The first-order chi connectivity index (χ1) is 35.7. The zero-order valence-corrected chi connectivity index (χ0v) is 36.2. The summed E-state index contributed by atoms with van der Waals surface area (Å²) in [6.07, 6.45) is -14.7. The maximum atomic E-state index is 10.1. The Balaban J connectivity index is 0.00000706. The van der Waals surface area contributed by atoms with Crippen LogP contribution >= 0.6 is 0 Å². The molecule has 0 saturated heterocycles. The van der Waals surface area contributed by atoms with Crippen molar-refractivity contribution in [3.8, 4) is 51.0 Å². The molecule has 4 heterocycles. The van der Waals surface area contributed by atoms with Gasteiger partial charge in [-0.05, 0) is 100 Å². The third-order valence-corrected chi connectivity index (χ3v) is 10.3. The van der Waals surface area contributed by atoms with Crippen LogP contribution in [0, 0.1) is 29.5 Å². The van der Waals surface area contributed by atoms with E-state index in [9.17, 15) is 21.7 Å². The molecule has 5 nitrogen and oxygen atoms in total. The molecule has 0 amide bonds. The summed E-state index contributed by atoms with van der Waals surface area (Å²) in [4.78, 5) is 13.3. The van der Waals surface area contributed by atoms with Crippen molar-refractivity contribution < 1.29 is 41.0 Å². The molecule has 0 aliphatic rings. The largest absolute Gasteiger partial charge is 3.00 e. The Morgan fingerprint density at radius 1 is 0.484 bits per heavy atom. The molecule has 0 spiro atoms. The van der Waals surface area contributed by atoms with Gasteiger partial charge >= 0.3 is 20.1 Å². The molecule has 0 unspecified atom stereocenters. The number of nitriles is 1. The van der Waals surface area contributed by atoms with Crippen LogP contribution in [-0.2, 0) is 58.3 Å². The van der Waals surface area contributed by atoms with Gasteiger partial charge in [-0.25, -0.2) is 0 Å². The smallest absolute Gasteiger partial charge is 0.500 e. The predicted molar refractivity (Wildman–Crippen MR) is 252 cm³/mol. The van der Waals surface area contributed by atoms with Crippen LogP contribution in [0.2, 0.25) is 0 Å². The molecule has 4 aromatic heterocycles. The van der Waals surface area contributed by atoms with Crippen molar-refractivity contribution in [2.75, 3.05) is 0 Å². The van der Waals surface area contributed by atoms with Gasteiger partial charge in [-0.3, -0.25) is 0 Å². The number of hydrogen-bond acceptors (Lipinski definition) is 5. The number of pyridine rings is 3. The van der Waals surface area contributed by atoms with E-state index >= 15 is 0 Å². The van der Waals surface area contributed by atoms with Crippen molar-refractivity contribution in [2.24, 2.45) is 0 Å². The molecule has 0 bridgehead atoms. The average Bonchev–Trinajstić information content (AvgIpc) is 3.87. The van der Waals surface area contributed by atoms with E-state index in [2.05, 4.69) is 39.2 Å². The second-order valence-corrected chi connectivity index (χ2v) is 14.4. The molecule has 0 aliphatic heterocycles. The first-order valence-corrected chi connectivity index (χ1v) is 20.0. The van der Waals surface area contributed by atoms with Crippen molar-refractivity contribution in [2.45, 2.75) is 38.2 Å². The molecule has 308 valence electrons. The zero-order valence-electron chi connectivity index (χ0n) is 45.8. The van der Waals surface area contributed by atoms with Crippen LogP contribution in [0.25, 0.3) is 66.8 Å². The first kappa shape index (κ1) is 29.9. The maximum Gasteiger partial charge on any atom is 3.00 e. The minimum Gasteiger partial charge on any atom is -0.500 e. The van der Waals surface area contributed by atoms with Crippen LogP contribution in [0.15, 0.2) is 181 Å². The summed E-state index contributed by atoms with van der Waals surface area (Å²) in [5.41, 5.74) is 3.03. The number of benzene rings is 6. The van der Waals surface area contributed by atoms with Crippen molar-refractivity contribution in [1.29, 1.82) is 5.26 Å². The van der Waals surface area contributed by atoms with E-state index in [1.54, 1.807) is 60.7 Å². The Labute approximate surface area is 404 Å². The van der Waals surface area contributed by atoms with Gasteiger partial charge in [0.2, 0.25) is 0 Å². The number of hydrogen-bond donors (Lipinski definition) is 0. The van der Waals surface area contributed by atoms with Crippen LogP contribution in [0.4, 0.5) is 0 Å². The van der Waals surface area contributed by atoms with Crippen LogP contribution in [0.5, 0.6) is 0 Å². The van der Waals surface area contributed by atoms with Gasteiger partial charge in [-0.1, -0.05) is 102 Å². The molecule has 6 heteroatoms. The molecule has 64 heavy (non-hydrogen) atoms. The Morgan fingerprint density at radius 2 is 0.984 bits per heavy atom. The zero-order chi connectivity index (χ0) is 53.1. The van der Waals surface area contributed by atoms with Gasteiger partial charge in [0.1, 0.15) is 5.58 Å². The summed E-state index contributed by atoms with van der Waals surface area (Å²) < 4.78 is 119. The number of aromatic nitrogens is 3. The first-order valence-electron chi connectivity index (χ1n) is 26.0. The monoisotopic (exact) mass is 1010 g/mol. The number of aryl methyl sites for hydroxylation is 6. The maximum absolute atomic E-state index is 10.1. The third kappa shape index (κ3) is 9.24. The molecule has 10 aromatic rings. The quantitative estimate of drug-likeness (QED) is 0.108. The van der Waals surface area contributed by atoms with E-state index in [1.807, 2.05) is 42.5 Å². The fraction of sp³-hybridized carbons (Fsp3) is 0.103. The average molecular weight is 1010 g/mol.